The highest BCUT2D eigenvalue weighted by Crippen LogP contribution is 2.09. The highest BCUT2D eigenvalue weighted by molar-refractivity contribution is 5.02. The number of unbranched alkanes of at least 4 members (excludes halogenated alkanes) is 14. The Morgan fingerprint density at radius 2 is 0.727 bits per heavy atom. The van der Waals surface area contributed by atoms with E-state index in [9.17, 15) is 0 Å². The van der Waals surface area contributed by atoms with Crippen LogP contribution in [-0.2, 0) is 0 Å². The lowest BCUT2D eigenvalue weighted by Gasteiger charge is -1.98. The molecule has 0 unspecified atom stereocenters. The summed E-state index contributed by atoms with van der Waals surface area (Å²) in [6, 6.07) is 0. The molecule has 0 bridgehead atoms. The molecule has 0 radical (unpaired) electrons. The van der Waals surface area contributed by atoms with E-state index < -0.39 is 0 Å². The second-order valence-electron chi connectivity index (χ2n) is 6.68. The van der Waals surface area contributed by atoms with Crippen molar-refractivity contribution < 1.29 is 0 Å². The van der Waals surface area contributed by atoms with Gasteiger partial charge >= 0.3 is 0 Å². The molecule has 0 nitrogen and oxygen atoms in total. The average Bonchev–Trinajstić information content (AvgIpc) is 2.54. The SMILES string of the molecule is CCCCCCCCC/C=C/C=C/CCCCCCCCC. The van der Waals surface area contributed by atoms with E-state index in [2.05, 4.69) is 38.2 Å². The van der Waals surface area contributed by atoms with Gasteiger partial charge in [-0.25, -0.2) is 0 Å². The fourth-order valence-electron chi connectivity index (χ4n) is 2.79. The Kier molecular flexibility index (Phi) is 20.0. The van der Waals surface area contributed by atoms with Gasteiger partial charge in [0, 0.05) is 0 Å². The molecular formula is C22H42. The molecule has 0 spiro atoms. The van der Waals surface area contributed by atoms with E-state index in [4.69, 9.17) is 0 Å². The van der Waals surface area contributed by atoms with Crippen LogP contribution in [0.15, 0.2) is 24.3 Å². The van der Waals surface area contributed by atoms with Crippen molar-refractivity contribution in [2.75, 3.05) is 0 Å². The molecule has 0 amide bonds. The topological polar surface area (TPSA) is 0 Å². The van der Waals surface area contributed by atoms with Crippen LogP contribution in [0.4, 0.5) is 0 Å². The maximum absolute atomic E-state index is 2.34. The molecular weight excluding hydrogens is 264 g/mol. The second kappa shape index (κ2) is 20.5. The molecule has 0 N–H and O–H groups in total. The Morgan fingerprint density at radius 3 is 1.09 bits per heavy atom. The predicted molar refractivity (Wildman–Crippen MR) is 104 cm³/mol. The third-order valence-electron chi connectivity index (χ3n) is 4.33. The molecule has 0 fully saturated rings. The summed E-state index contributed by atoms with van der Waals surface area (Å²) in [5, 5.41) is 0. The van der Waals surface area contributed by atoms with E-state index in [0.29, 0.717) is 0 Å². The molecule has 0 aliphatic carbocycles. The lowest BCUT2D eigenvalue weighted by atomic mass is 10.1. The Bertz CT molecular complexity index is 210. The Morgan fingerprint density at radius 1 is 0.409 bits per heavy atom. The van der Waals surface area contributed by atoms with Crippen LogP contribution in [0.3, 0.4) is 0 Å². The Balaban J connectivity index is 3.15. The van der Waals surface area contributed by atoms with E-state index in [1.165, 1.54) is 103 Å². The summed E-state index contributed by atoms with van der Waals surface area (Å²) in [5.74, 6) is 0. The summed E-state index contributed by atoms with van der Waals surface area (Å²) in [5.41, 5.74) is 0. The van der Waals surface area contributed by atoms with Gasteiger partial charge < -0.3 is 0 Å². The van der Waals surface area contributed by atoms with Crippen molar-refractivity contribution in [2.45, 2.75) is 117 Å². The largest absolute Gasteiger partial charge is 0.0845 e. The fourth-order valence-corrected chi connectivity index (χ4v) is 2.79. The van der Waals surface area contributed by atoms with Crippen LogP contribution in [0.2, 0.25) is 0 Å². The first-order chi connectivity index (χ1) is 10.9. The van der Waals surface area contributed by atoms with Crippen LogP contribution in [-0.4, -0.2) is 0 Å². The first-order valence-corrected chi connectivity index (χ1v) is 10.2. The van der Waals surface area contributed by atoms with Gasteiger partial charge in [-0.05, 0) is 25.7 Å². The van der Waals surface area contributed by atoms with E-state index in [-0.39, 0.29) is 0 Å². The van der Waals surface area contributed by atoms with E-state index >= 15 is 0 Å². The highest BCUT2D eigenvalue weighted by atomic mass is 14.0. The highest BCUT2D eigenvalue weighted by Gasteiger charge is 1.90. The molecule has 0 heteroatoms. The molecule has 130 valence electrons. The molecule has 0 aliphatic rings. The molecule has 0 atom stereocenters. The molecule has 0 aliphatic heterocycles. The van der Waals surface area contributed by atoms with Crippen LogP contribution < -0.4 is 0 Å². The third-order valence-corrected chi connectivity index (χ3v) is 4.33. The van der Waals surface area contributed by atoms with Gasteiger partial charge in [0.05, 0.1) is 0 Å². The summed E-state index contributed by atoms with van der Waals surface area (Å²) >= 11 is 0. The number of hydrogen-bond acceptors (Lipinski definition) is 0. The molecule has 22 heavy (non-hydrogen) atoms. The molecule has 0 heterocycles. The lowest BCUT2D eigenvalue weighted by Crippen LogP contribution is -1.79. The summed E-state index contributed by atoms with van der Waals surface area (Å²) in [7, 11) is 0. The minimum absolute atomic E-state index is 1.26. The summed E-state index contributed by atoms with van der Waals surface area (Å²) in [4.78, 5) is 0. The summed E-state index contributed by atoms with van der Waals surface area (Å²) in [6.07, 6.45) is 31.4. The molecule has 0 aromatic rings. The quantitative estimate of drug-likeness (QED) is 0.187. The van der Waals surface area contributed by atoms with Crippen LogP contribution >= 0.6 is 0 Å². The Labute approximate surface area is 141 Å². The van der Waals surface area contributed by atoms with E-state index in [1.54, 1.807) is 0 Å². The average molecular weight is 307 g/mol. The number of hydrogen-bond donors (Lipinski definition) is 0. The lowest BCUT2D eigenvalue weighted by molar-refractivity contribution is 0.592. The monoisotopic (exact) mass is 306 g/mol. The minimum atomic E-state index is 1.26. The maximum atomic E-state index is 2.34. The van der Waals surface area contributed by atoms with Gasteiger partial charge in [0.1, 0.15) is 0 Å². The standard InChI is InChI=1S/C22H42/c1-3-5-7-9-11-13-15-17-19-21-22-20-18-16-14-12-10-8-6-4-2/h19-22H,3-18H2,1-2H3/b21-19+,22-20+. The van der Waals surface area contributed by atoms with Gasteiger partial charge in [0.25, 0.3) is 0 Å². The van der Waals surface area contributed by atoms with E-state index in [0.717, 1.165) is 0 Å². The molecule has 0 rings (SSSR count). The van der Waals surface area contributed by atoms with Crippen LogP contribution in [0.1, 0.15) is 117 Å². The molecule has 0 saturated heterocycles. The normalized spacial score (nSPS) is 11.9. The van der Waals surface area contributed by atoms with Crippen molar-refractivity contribution in [1.82, 2.24) is 0 Å². The first-order valence-electron chi connectivity index (χ1n) is 10.2. The maximum Gasteiger partial charge on any atom is -0.0348 e. The third kappa shape index (κ3) is 19.5. The van der Waals surface area contributed by atoms with Crippen LogP contribution in [0.25, 0.3) is 0 Å². The van der Waals surface area contributed by atoms with E-state index in [1.807, 2.05) is 0 Å². The zero-order valence-electron chi connectivity index (χ0n) is 15.6. The zero-order chi connectivity index (χ0) is 16.1. The van der Waals surface area contributed by atoms with Gasteiger partial charge in [-0.2, -0.15) is 0 Å². The van der Waals surface area contributed by atoms with Gasteiger partial charge in [-0.15, -0.1) is 0 Å². The predicted octanol–water partition coefficient (Wildman–Crippen LogP) is 8.38. The summed E-state index contributed by atoms with van der Waals surface area (Å²) < 4.78 is 0. The van der Waals surface area contributed by atoms with Crippen molar-refractivity contribution >= 4 is 0 Å². The first kappa shape index (κ1) is 21.5. The van der Waals surface area contributed by atoms with Crippen LogP contribution in [0, 0.1) is 0 Å². The second-order valence-corrected chi connectivity index (χ2v) is 6.68. The number of allylic oxidation sites excluding steroid dienone is 4. The van der Waals surface area contributed by atoms with Crippen molar-refractivity contribution in [3.05, 3.63) is 24.3 Å². The van der Waals surface area contributed by atoms with Gasteiger partial charge in [0.2, 0.25) is 0 Å². The van der Waals surface area contributed by atoms with Gasteiger partial charge in [0.15, 0.2) is 0 Å². The van der Waals surface area contributed by atoms with Crippen molar-refractivity contribution in [2.24, 2.45) is 0 Å². The fraction of sp³-hybridized carbons (Fsp3) is 0.818. The van der Waals surface area contributed by atoms with Gasteiger partial charge in [-0.1, -0.05) is 115 Å². The number of rotatable bonds is 17. The van der Waals surface area contributed by atoms with Gasteiger partial charge in [-0.3, -0.25) is 0 Å². The van der Waals surface area contributed by atoms with Crippen molar-refractivity contribution in [3.63, 3.8) is 0 Å². The Hall–Kier alpha value is -0.520. The van der Waals surface area contributed by atoms with Crippen LogP contribution in [0.5, 0.6) is 0 Å². The molecule has 0 saturated carbocycles. The van der Waals surface area contributed by atoms with Crippen molar-refractivity contribution in [3.8, 4) is 0 Å². The smallest absolute Gasteiger partial charge is 0.0348 e. The van der Waals surface area contributed by atoms with Crippen molar-refractivity contribution in [1.29, 1.82) is 0 Å². The molecule has 0 aromatic heterocycles. The zero-order valence-corrected chi connectivity index (χ0v) is 15.6. The molecule has 0 aromatic carbocycles. The summed E-state index contributed by atoms with van der Waals surface area (Å²) in [6.45, 7) is 4.57. The minimum Gasteiger partial charge on any atom is -0.0845 e.